The SMILES string of the molecule is [Pt].[Pt].[c-]1c(Oc2[c-]c(-c3[c-]c(Oc4[c-]c(-[n+]5[c-]n(-c6cc7ccccc7cc6N6CCCC6)c6ccccc65)ccc4)ccn3)ncc2)cccc1-[n+]1[c-]n(-c2cc3ccccc3cc2N2CCCC2)c2ccccc21. The van der Waals surface area contributed by atoms with E-state index in [1.807, 2.05) is 36.4 Å². The largest absolute Gasteiger partial charge is 0.511 e. The molecule has 0 amide bonds. The van der Waals surface area contributed by atoms with Gasteiger partial charge < -0.3 is 38.4 Å². The Kier molecular flexibility index (Phi) is 13.6. The van der Waals surface area contributed by atoms with Gasteiger partial charge in [-0.15, -0.1) is 47.8 Å². The van der Waals surface area contributed by atoms with Crippen molar-refractivity contribution in [3.05, 3.63) is 219 Å². The van der Waals surface area contributed by atoms with Gasteiger partial charge in [-0.05, 0) is 95.3 Å². The van der Waals surface area contributed by atoms with E-state index in [0.29, 0.717) is 34.4 Å². The second kappa shape index (κ2) is 21.0. The molecular weight excluding hydrogens is 1300 g/mol. The number of hydrogen-bond acceptors (Lipinski definition) is 6. The maximum absolute atomic E-state index is 6.45. The number of anilines is 2. The van der Waals surface area contributed by atoms with Crippen molar-refractivity contribution < 1.29 is 60.7 Å². The van der Waals surface area contributed by atoms with Gasteiger partial charge in [0, 0.05) is 91.3 Å². The zero-order valence-electron chi connectivity index (χ0n) is 41.0. The number of nitrogens with zero attached hydrogens (tertiary/aromatic N) is 8. The van der Waals surface area contributed by atoms with Gasteiger partial charge in [0.2, 0.25) is 0 Å². The first-order chi connectivity index (χ1) is 36.6. The number of imidazole rings is 2. The van der Waals surface area contributed by atoms with Crippen LogP contribution in [-0.4, -0.2) is 45.3 Å². The molecule has 2 aliphatic rings. The molecule has 14 rings (SSSR count). The van der Waals surface area contributed by atoms with Crippen LogP contribution in [0.1, 0.15) is 25.7 Å². The van der Waals surface area contributed by atoms with Gasteiger partial charge in [0.15, 0.2) is 0 Å². The van der Waals surface area contributed by atoms with Crippen LogP contribution in [0.15, 0.2) is 182 Å². The Morgan fingerprint density at radius 1 is 0.382 bits per heavy atom. The minimum Gasteiger partial charge on any atom is -0.511 e. The van der Waals surface area contributed by atoms with E-state index in [1.54, 1.807) is 24.5 Å². The van der Waals surface area contributed by atoms with Crippen LogP contribution < -0.4 is 28.4 Å². The fourth-order valence-electron chi connectivity index (χ4n) is 10.6. The molecule has 2 saturated heterocycles. The normalized spacial score (nSPS) is 13.4. The molecule has 2 aliphatic heterocycles. The zero-order chi connectivity index (χ0) is 49.0. The number of rotatable bonds is 11. The van der Waals surface area contributed by atoms with Crippen molar-refractivity contribution >= 4 is 55.0 Å². The van der Waals surface area contributed by atoms with Gasteiger partial charge in [-0.25, -0.2) is 0 Å². The van der Waals surface area contributed by atoms with Crippen molar-refractivity contribution in [2.75, 3.05) is 36.0 Å². The molecule has 0 atom stereocenters. The fraction of sp³-hybridized carbons (Fsp3) is 0.125. The molecule has 0 N–H and O–H groups in total. The number of ether oxygens (including phenoxy) is 2. The van der Waals surface area contributed by atoms with Crippen LogP contribution in [0.4, 0.5) is 11.4 Å². The summed E-state index contributed by atoms with van der Waals surface area (Å²) in [5.74, 6) is 1.95. The van der Waals surface area contributed by atoms with Crippen molar-refractivity contribution in [1.82, 2.24) is 19.1 Å². The van der Waals surface area contributed by atoms with Gasteiger partial charge in [-0.2, -0.15) is 36.4 Å². The summed E-state index contributed by atoms with van der Waals surface area (Å²) in [5, 5.41) is 4.83. The maximum Gasteiger partial charge on any atom is 0.268 e. The predicted molar refractivity (Wildman–Crippen MR) is 288 cm³/mol. The molecule has 0 bridgehead atoms. The third-order valence-electron chi connectivity index (χ3n) is 14.2. The minimum atomic E-state index is 0. The van der Waals surface area contributed by atoms with Crippen molar-refractivity contribution in [2.24, 2.45) is 0 Å². The fourth-order valence-corrected chi connectivity index (χ4v) is 10.6. The van der Waals surface area contributed by atoms with E-state index in [4.69, 9.17) is 9.47 Å². The third-order valence-corrected chi connectivity index (χ3v) is 14.2. The molecule has 12 aromatic rings. The van der Waals surface area contributed by atoms with Crippen LogP contribution in [0.3, 0.4) is 0 Å². The monoisotopic (exact) mass is 1350 g/mol. The summed E-state index contributed by atoms with van der Waals surface area (Å²) in [4.78, 5) is 14.2. The van der Waals surface area contributed by atoms with Gasteiger partial charge >= 0.3 is 0 Å². The Labute approximate surface area is 469 Å². The Hall–Kier alpha value is -7.90. The van der Waals surface area contributed by atoms with Crippen LogP contribution in [0.2, 0.25) is 0 Å². The molecule has 12 heteroatoms. The van der Waals surface area contributed by atoms with Gasteiger partial charge in [0.1, 0.15) is 0 Å². The van der Waals surface area contributed by atoms with E-state index < -0.39 is 0 Å². The number of hydrogen-bond donors (Lipinski definition) is 0. The average Bonchev–Trinajstić information content (AvgIpc) is 4.37. The first-order valence-corrected chi connectivity index (χ1v) is 25.3. The number of aromatic nitrogens is 6. The Morgan fingerprint density at radius 3 is 1.17 bits per heavy atom. The number of para-hydroxylation sites is 4. The number of benzene rings is 8. The van der Waals surface area contributed by atoms with Crippen molar-refractivity contribution in [1.29, 1.82) is 0 Å². The first-order valence-electron chi connectivity index (χ1n) is 25.3. The molecule has 378 valence electrons. The summed E-state index contributed by atoms with van der Waals surface area (Å²) >= 11 is 0. The Bertz CT molecular complexity index is 3840. The summed E-state index contributed by atoms with van der Waals surface area (Å²) in [6, 6.07) is 72.1. The third kappa shape index (κ3) is 9.24. The minimum absolute atomic E-state index is 0. The van der Waals surface area contributed by atoms with Crippen LogP contribution in [-0.2, 0) is 42.1 Å². The molecule has 10 nitrogen and oxygen atoms in total. The van der Waals surface area contributed by atoms with Crippen LogP contribution in [0, 0.1) is 36.9 Å². The molecule has 4 aromatic heterocycles. The van der Waals surface area contributed by atoms with E-state index in [2.05, 4.69) is 196 Å². The number of pyridine rings is 2. The van der Waals surface area contributed by atoms with Gasteiger partial charge in [-0.1, -0.05) is 97.1 Å². The van der Waals surface area contributed by atoms with Crippen molar-refractivity contribution in [2.45, 2.75) is 25.7 Å². The quantitative estimate of drug-likeness (QED) is 0.0949. The molecule has 0 spiro atoms. The molecule has 0 aliphatic carbocycles. The first kappa shape index (κ1) is 49.0. The van der Waals surface area contributed by atoms with E-state index in [9.17, 15) is 0 Å². The molecule has 76 heavy (non-hydrogen) atoms. The average molecular weight is 1350 g/mol. The van der Waals surface area contributed by atoms with Crippen molar-refractivity contribution in [3.63, 3.8) is 0 Å². The topological polar surface area (TPSA) is 68.3 Å². The summed E-state index contributed by atoms with van der Waals surface area (Å²) in [7, 11) is 0. The van der Waals surface area contributed by atoms with Crippen LogP contribution in [0.5, 0.6) is 23.0 Å². The smallest absolute Gasteiger partial charge is 0.268 e. The zero-order valence-corrected chi connectivity index (χ0v) is 45.5. The molecule has 2 fully saturated rings. The van der Waals surface area contributed by atoms with Crippen LogP contribution in [0.25, 0.3) is 77.7 Å². The number of fused-ring (bicyclic) bond motifs is 4. The van der Waals surface area contributed by atoms with E-state index in [0.717, 1.165) is 71.0 Å². The molecule has 8 aromatic carbocycles. The summed E-state index contributed by atoms with van der Waals surface area (Å²) in [6.45, 7) is 4.14. The van der Waals surface area contributed by atoms with Gasteiger partial charge in [0.25, 0.3) is 12.7 Å². The predicted octanol–water partition coefficient (Wildman–Crippen LogP) is 12.5. The molecule has 6 heterocycles. The molecule has 0 unspecified atom stereocenters. The Morgan fingerprint density at radius 2 is 0.750 bits per heavy atom. The summed E-state index contributed by atoms with van der Waals surface area (Å²) in [5.41, 5.74) is 11.2. The van der Waals surface area contributed by atoms with E-state index >= 15 is 0 Å². The van der Waals surface area contributed by atoms with Gasteiger partial charge in [-0.3, -0.25) is 9.13 Å². The van der Waals surface area contributed by atoms with Gasteiger partial charge in [0.05, 0.1) is 44.8 Å². The molecule has 0 radical (unpaired) electrons. The van der Waals surface area contributed by atoms with Crippen molar-refractivity contribution in [3.8, 4) is 57.1 Å². The Balaban J connectivity index is 0.00000291. The second-order valence-corrected chi connectivity index (χ2v) is 18.9. The second-order valence-electron chi connectivity index (χ2n) is 18.9. The standard InChI is InChI=1S/C64H46N8O2.2Pt/c1-3-17-47-37-63(61(35-45(47)15-1)67-31-9-10-32-67)71-43-69(57-23-5-7-25-59(57)71)49-19-13-21-51(39-49)73-53-27-29-65-55(41-53)56-42-54(28-30-66-56)74-52-22-14-20-50(40-52)70-44-72(60-26-8-6-24-58(60)70)64-38-48-18-4-2-16-46(48)36-62(64)68-33-11-12-34-68;;/h1-8,13-30,35-38H,9-12,31-34H2;;/q-4;;. The van der Waals surface area contributed by atoms with Crippen LogP contribution >= 0.6 is 0 Å². The molecule has 0 saturated carbocycles. The molecular formula is C64H46N8O2Pt2-4. The summed E-state index contributed by atoms with van der Waals surface area (Å²) < 4.78 is 21.4. The summed E-state index contributed by atoms with van der Waals surface area (Å²) in [6.07, 6.45) is 15.5. The van der Waals surface area contributed by atoms with E-state index in [-0.39, 0.29) is 42.1 Å². The maximum atomic E-state index is 6.45. The van der Waals surface area contributed by atoms with E-state index in [1.165, 1.54) is 58.6 Å².